The molecule has 140 valence electrons. The maximum Gasteiger partial charge on any atom is 0.226 e. The molecule has 2 aromatic rings. The zero-order valence-corrected chi connectivity index (χ0v) is 15.8. The highest BCUT2D eigenvalue weighted by Gasteiger charge is 2.30. The first-order chi connectivity index (χ1) is 13.2. The number of amides is 1. The van der Waals surface area contributed by atoms with Crippen LogP contribution in [0, 0.1) is 12.8 Å². The summed E-state index contributed by atoms with van der Waals surface area (Å²) in [6.07, 6.45) is 6.71. The third-order valence-corrected chi connectivity index (χ3v) is 5.57. The Balaban J connectivity index is 1.33. The molecule has 0 aliphatic carbocycles. The summed E-state index contributed by atoms with van der Waals surface area (Å²) in [5.74, 6) is 1.22. The van der Waals surface area contributed by atoms with E-state index in [9.17, 15) is 4.79 Å². The molecular formula is C22H26N4O. The summed E-state index contributed by atoms with van der Waals surface area (Å²) in [6.45, 7) is 5.22. The number of anilines is 1. The van der Waals surface area contributed by atoms with E-state index in [0.29, 0.717) is 5.91 Å². The van der Waals surface area contributed by atoms with Crippen LogP contribution in [0.4, 0.5) is 5.95 Å². The number of carbonyl (C=O) groups excluding carboxylic acids is 1. The predicted molar refractivity (Wildman–Crippen MR) is 107 cm³/mol. The first-order valence-electron chi connectivity index (χ1n) is 9.78. The van der Waals surface area contributed by atoms with Gasteiger partial charge in [0, 0.05) is 44.0 Å². The number of aromatic nitrogens is 2. The van der Waals surface area contributed by atoms with Crippen LogP contribution in [0.15, 0.2) is 48.7 Å². The molecule has 5 nitrogen and oxygen atoms in total. The molecule has 1 aromatic carbocycles. The van der Waals surface area contributed by atoms with Crippen LogP contribution >= 0.6 is 0 Å². The molecular weight excluding hydrogens is 336 g/mol. The average molecular weight is 362 g/mol. The molecule has 1 fully saturated rings. The predicted octanol–water partition coefficient (Wildman–Crippen LogP) is 3.32. The average Bonchev–Trinajstić information content (AvgIpc) is 2.74. The SMILES string of the molecule is Cc1ccnc(N2CCC(C(=O)N3CC=C(c4ccccc4)CC3)CC2)n1. The number of rotatable bonds is 3. The summed E-state index contributed by atoms with van der Waals surface area (Å²) >= 11 is 0. The normalized spacial score (nSPS) is 18.3. The Morgan fingerprint density at radius 1 is 1.07 bits per heavy atom. The highest BCUT2D eigenvalue weighted by molar-refractivity contribution is 5.80. The molecule has 0 radical (unpaired) electrons. The van der Waals surface area contributed by atoms with Crippen molar-refractivity contribution in [1.29, 1.82) is 0 Å². The Morgan fingerprint density at radius 3 is 2.52 bits per heavy atom. The molecule has 0 saturated carbocycles. The molecule has 0 N–H and O–H groups in total. The molecule has 0 bridgehead atoms. The van der Waals surface area contributed by atoms with E-state index in [0.717, 1.165) is 57.1 Å². The van der Waals surface area contributed by atoms with Crippen LogP contribution in [0.2, 0.25) is 0 Å². The lowest BCUT2D eigenvalue weighted by Gasteiger charge is -2.35. The lowest BCUT2D eigenvalue weighted by molar-refractivity contribution is -0.135. The van der Waals surface area contributed by atoms with Crippen molar-refractivity contribution in [3.8, 4) is 0 Å². The lowest BCUT2D eigenvalue weighted by atomic mass is 9.93. The number of hydrogen-bond acceptors (Lipinski definition) is 4. The maximum absolute atomic E-state index is 12.9. The van der Waals surface area contributed by atoms with E-state index in [-0.39, 0.29) is 5.92 Å². The third-order valence-electron chi connectivity index (χ3n) is 5.57. The van der Waals surface area contributed by atoms with Crippen molar-refractivity contribution in [1.82, 2.24) is 14.9 Å². The van der Waals surface area contributed by atoms with Crippen LogP contribution in [0.5, 0.6) is 0 Å². The van der Waals surface area contributed by atoms with Gasteiger partial charge in [0.25, 0.3) is 0 Å². The summed E-state index contributed by atoms with van der Waals surface area (Å²) < 4.78 is 0. The Kier molecular flexibility index (Phi) is 5.19. The van der Waals surface area contributed by atoms with E-state index in [1.54, 1.807) is 6.20 Å². The minimum atomic E-state index is 0.123. The molecule has 0 spiro atoms. The maximum atomic E-state index is 12.9. The van der Waals surface area contributed by atoms with Gasteiger partial charge in [-0.05, 0) is 43.4 Å². The smallest absolute Gasteiger partial charge is 0.226 e. The van der Waals surface area contributed by atoms with Crippen molar-refractivity contribution < 1.29 is 4.79 Å². The minimum absolute atomic E-state index is 0.123. The minimum Gasteiger partial charge on any atom is -0.341 e. The van der Waals surface area contributed by atoms with E-state index < -0.39 is 0 Å². The highest BCUT2D eigenvalue weighted by Crippen LogP contribution is 2.26. The summed E-state index contributed by atoms with van der Waals surface area (Å²) in [5, 5.41) is 0. The molecule has 0 atom stereocenters. The molecule has 1 saturated heterocycles. The molecule has 0 unspecified atom stereocenters. The monoisotopic (exact) mass is 362 g/mol. The zero-order valence-electron chi connectivity index (χ0n) is 15.8. The van der Waals surface area contributed by atoms with Gasteiger partial charge in [0.15, 0.2) is 0 Å². The Morgan fingerprint density at radius 2 is 1.85 bits per heavy atom. The Bertz CT molecular complexity index is 825. The van der Waals surface area contributed by atoms with Gasteiger partial charge in [0.05, 0.1) is 0 Å². The summed E-state index contributed by atoms with van der Waals surface area (Å²) in [7, 11) is 0. The van der Waals surface area contributed by atoms with Crippen LogP contribution in [0.1, 0.15) is 30.5 Å². The second-order valence-electron chi connectivity index (χ2n) is 7.39. The number of carbonyl (C=O) groups is 1. The number of aryl methyl sites for hydroxylation is 1. The second-order valence-corrected chi connectivity index (χ2v) is 7.39. The first-order valence-corrected chi connectivity index (χ1v) is 9.78. The van der Waals surface area contributed by atoms with E-state index in [4.69, 9.17) is 0 Å². The molecule has 4 rings (SSSR count). The molecule has 1 amide bonds. The van der Waals surface area contributed by atoms with E-state index in [2.05, 4.69) is 45.2 Å². The van der Waals surface area contributed by atoms with Crippen LogP contribution in [0.3, 0.4) is 0 Å². The third kappa shape index (κ3) is 4.02. The van der Waals surface area contributed by atoms with Gasteiger partial charge in [-0.3, -0.25) is 4.79 Å². The molecule has 1 aromatic heterocycles. The van der Waals surface area contributed by atoms with Gasteiger partial charge in [-0.15, -0.1) is 0 Å². The van der Waals surface area contributed by atoms with Crippen molar-refractivity contribution in [2.24, 2.45) is 5.92 Å². The van der Waals surface area contributed by atoms with Gasteiger partial charge in [-0.25, -0.2) is 9.97 Å². The fraction of sp³-hybridized carbons (Fsp3) is 0.409. The molecule has 27 heavy (non-hydrogen) atoms. The summed E-state index contributed by atoms with van der Waals surface area (Å²) in [6, 6.07) is 12.4. The summed E-state index contributed by atoms with van der Waals surface area (Å²) in [5.41, 5.74) is 3.61. The Labute approximate surface area is 160 Å². The quantitative estimate of drug-likeness (QED) is 0.840. The molecule has 2 aliphatic rings. The molecule has 5 heteroatoms. The van der Waals surface area contributed by atoms with Gasteiger partial charge in [0.1, 0.15) is 0 Å². The first kappa shape index (κ1) is 17.7. The number of nitrogens with zero attached hydrogens (tertiary/aromatic N) is 4. The molecule has 3 heterocycles. The van der Waals surface area contributed by atoms with Gasteiger partial charge >= 0.3 is 0 Å². The van der Waals surface area contributed by atoms with Crippen LogP contribution in [-0.2, 0) is 4.79 Å². The van der Waals surface area contributed by atoms with Crippen molar-refractivity contribution in [3.05, 3.63) is 59.9 Å². The van der Waals surface area contributed by atoms with E-state index in [1.165, 1.54) is 11.1 Å². The van der Waals surface area contributed by atoms with Gasteiger partial charge in [-0.1, -0.05) is 36.4 Å². The van der Waals surface area contributed by atoms with E-state index in [1.807, 2.05) is 24.0 Å². The topological polar surface area (TPSA) is 49.3 Å². The van der Waals surface area contributed by atoms with Gasteiger partial charge in [0.2, 0.25) is 11.9 Å². The fourth-order valence-electron chi connectivity index (χ4n) is 3.96. The van der Waals surface area contributed by atoms with Gasteiger partial charge in [-0.2, -0.15) is 0 Å². The standard InChI is InChI=1S/C22H26N4O/c1-17-7-12-23-22(24-17)26-15-10-20(11-16-26)21(27)25-13-8-19(9-14-25)18-5-3-2-4-6-18/h2-8,12,20H,9-11,13-16H2,1H3. The van der Waals surface area contributed by atoms with Gasteiger partial charge < -0.3 is 9.80 Å². The number of hydrogen-bond donors (Lipinski definition) is 0. The Hall–Kier alpha value is -2.69. The second kappa shape index (κ2) is 7.91. The lowest BCUT2D eigenvalue weighted by Crippen LogP contribution is -2.44. The largest absolute Gasteiger partial charge is 0.341 e. The summed E-state index contributed by atoms with van der Waals surface area (Å²) in [4.78, 5) is 26.0. The van der Waals surface area contributed by atoms with Crippen molar-refractivity contribution in [2.45, 2.75) is 26.2 Å². The zero-order chi connectivity index (χ0) is 18.6. The van der Waals surface area contributed by atoms with Crippen LogP contribution < -0.4 is 4.90 Å². The fourth-order valence-corrected chi connectivity index (χ4v) is 3.96. The highest BCUT2D eigenvalue weighted by atomic mass is 16.2. The van der Waals surface area contributed by atoms with Crippen molar-refractivity contribution in [2.75, 3.05) is 31.1 Å². The van der Waals surface area contributed by atoms with Crippen LogP contribution in [0.25, 0.3) is 5.57 Å². The number of piperidine rings is 1. The van der Waals surface area contributed by atoms with Crippen LogP contribution in [-0.4, -0.2) is 47.0 Å². The number of benzene rings is 1. The van der Waals surface area contributed by atoms with Crippen molar-refractivity contribution >= 4 is 17.4 Å². The van der Waals surface area contributed by atoms with Crippen molar-refractivity contribution in [3.63, 3.8) is 0 Å². The molecule has 2 aliphatic heterocycles. The van der Waals surface area contributed by atoms with E-state index >= 15 is 0 Å².